The Kier molecular flexibility index (Phi) is 4.06. The molecule has 1 aromatic carbocycles. The van der Waals surface area contributed by atoms with Gasteiger partial charge in [-0.3, -0.25) is 0 Å². The fraction of sp³-hybridized carbons (Fsp3) is 0.467. The monoisotopic (exact) mass is 289 g/mol. The first kappa shape index (κ1) is 13.9. The van der Waals surface area contributed by atoms with Gasteiger partial charge in [0.25, 0.3) is 0 Å². The van der Waals surface area contributed by atoms with Crippen molar-refractivity contribution in [3.05, 3.63) is 35.5 Å². The Morgan fingerprint density at radius 2 is 2.19 bits per heavy atom. The summed E-state index contributed by atoms with van der Waals surface area (Å²) in [4.78, 5) is 4.35. The van der Waals surface area contributed by atoms with Crippen molar-refractivity contribution >= 4 is 0 Å². The second-order valence-corrected chi connectivity index (χ2v) is 5.13. The molecule has 2 aromatic rings. The van der Waals surface area contributed by atoms with Crippen molar-refractivity contribution in [1.29, 1.82) is 0 Å². The lowest BCUT2D eigenvalue weighted by atomic mass is 10.2. The maximum Gasteiger partial charge on any atom is 0.229 e. The third-order valence-corrected chi connectivity index (χ3v) is 3.38. The van der Waals surface area contributed by atoms with E-state index in [9.17, 15) is 0 Å². The second-order valence-electron chi connectivity index (χ2n) is 5.13. The van der Waals surface area contributed by atoms with Crippen molar-refractivity contribution in [2.24, 2.45) is 0 Å². The number of hydrogen-bond acceptors (Lipinski definition) is 6. The SMILES string of the molecule is CNCc1ccc(OC)c(OCc2noc(C3CC3)n2)c1. The minimum absolute atomic E-state index is 0.273. The Hall–Kier alpha value is -2.08. The largest absolute Gasteiger partial charge is 0.493 e. The van der Waals surface area contributed by atoms with E-state index in [1.165, 1.54) is 0 Å². The molecule has 0 radical (unpaired) electrons. The van der Waals surface area contributed by atoms with Crippen molar-refractivity contribution in [2.45, 2.75) is 31.9 Å². The topological polar surface area (TPSA) is 69.4 Å². The summed E-state index contributed by atoms with van der Waals surface area (Å²) in [6.07, 6.45) is 2.28. The number of methoxy groups -OCH3 is 1. The van der Waals surface area contributed by atoms with Crippen molar-refractivity contribution in [3.63, 3.8) is 0 Å². The van der Waals surface area contributed by atoms with E-state index in [1.54, 1.807) is 7.11 Å². The smallest absolute Gasteiger partial charge is 0.229 e. The van der Waals surface area contributed by atoms with Crippen LogP contribution in [0.4, 0.5) is 0 Å². The van der Waals surface area contributed by atoms with Crippen LogP contribution in [0.1, 0.15) is 36.0 Å². The van der Waals surface area contributed by atoms with Crippen molar-refractivity contribution in [1.82, 2.24) is 15.5 Å². The molecular weight excluding hydrogens is 270 g/mol. The first-order chi connectivity index (χ1) is 10.3. The minimum Gasteiger partial charge on any atom is -0.493 e. The molecule has 0 unspecified atom stereocenters. The summed E-state index contributed by atoms with van der Waals surface area (Å²) >= 11 is 0. The number of rotatable bonds is 7. The molecule has 0 amide bonds. The maximum atomic E-state index is 5.78. The van der Waals surface area contributed by atoms with Gasteiger partial charge < -0.3 is 19.3 Å². The number of hydrogen-bond donors (Lipinski definition) is 1. The van der Waals surface area contributed by atoms with Crippen LogP contribution in [0.5, 0.6) is 11.5 Å². The molecule has 0 saturated heterocycles. The van der Waals surface area contributed by atoms with Crippen LogP contribution >= 0.6 is 0 Å². The van der Waals surface area contributed by atoms with E-state index >= 15 is 0 Å². The third-order valence-electron chi connectivity index (χ3n) is 3.38. The zero-order valence-corrected chi connectivity index (χ0v) is 12.3. The lowest BCUT2D eigenvalue weighted by Crippen LogP contribution is -2.06. The van der Waals surface area contributed by atoms with Gasteiger partial charge in [0.1, 0.15) is 0 Å². The maximum absolute atomic E-state index is 5.78. The molecule has 0 spiro atoms. The fourth-order valence-corrected chi connectivity index (χ4v) is 2.11. The molecule has 0 aliphatic heterocycles. The summed E-state index contributed by atoms with van der Waals surface area (Å²) in [5.74, 6) is 3.13. The quantitative estimate of drug-likeness (QED) is 0.843. The standard InChI is InChI=1S/C15H19N3O3/c1-16-8-10-3-6-12(19-2)13(7-10)20-9-14-17-15(21-18-14)11-4-5-11/h3,6-7,11,16H,4-5,8-9H2,1-2H3. The van der Waals surface area contributed by atoms with Crippen LogP contribution in [0.3, 0.4) is 0 Å². The van der Waals surface area contributed by atoms with E-state index in [2.05, 4.69) is 15.5 Å². The van der Waals surface area contributed by atoms with E-state index < -0.39 is 0 Å². The Morgan fingerprint density at radius 1 is 1.33 bits per heavy atom. The Labute approximate surface area is 123 Å². The Morgan fingerprint density at radius 3 is 2.90 bits per heavy atom. The molecule has 1 heterocycles. The molecule has 1 N–H and O–H groups in total. The molecule has 1 aliphatic rings. The highest BCUT2D eigenvalue weighted by atomic mass is 16.5. The Bertz CT molecular complexity index is 608. The van der Waals surface area contributed by atoms with Crippen LogP contribution in [0.25, 0.3) is 0 Å². The van der Waals surface area contributed by atoms with Gasteiger partial charge in [0, 0.05) is 12.5 Å². The molecule has 21 heavy (non-hydrogen) atoms. The van der Waals surface area contributed by atoms with Gasteiger partial charge >= 0.3 is 0 Å². The normalized spacial score (nSPS) is 14.2. The summed E-state index contributed by atoms with van der Waals surface area (Å²) in [7, 11) is 3.53. The molecule has 6 heteroatoms. The van der Waals surface area contributed by atoms with Crippen molar-refractivity contribution < 1.29 is 14.0 Å². The van der Waals surface area contributed by atoms with Gasteiger partial charge in [-0.05, 0) is 37.6 Å². The minimum atomic E-state index is 0.273. The van der Waals surface area contributed by atoms with Crippen LogP contribution in [0.2, 0.25) is 0 Å². The van der Waals surface area contributed by atoms with E-state index in [0.29, 0.717) is 23.2 Å². The highest BCUT2D eigenvalue weighted by molar-refractivity contribution is 5.42. The van der Waals surface area contributed by atoms with Crippen molar-refractivity contribution in [2.75, 3.05) is 14.2 Å². The zero-order chi connectivity index (χ0) is 14.7. The second kappa shape index (κ2) is 6.13. The van der Waals surface area contributed by atoms with E-state index in [4.69, 9.17) is 14.0 Å². The van der Waals surface area contributed by atoms with Gasteiger partial charge in [0.05, 0.1) is 7.11 Å². The lowest BCUT2D eigenvalue weighted by molar-refractivity contribution is 0.268. The van der Waals surface area contributed by atoms with Gasteiger partial charge in [-0.2, -0.15) is 4.98 Å². The van der Waals surface area contributed by atoms with Crippen LogP contribution < -0.4 is 14.8 Å². The summed E-state index contributed by atoms with van der Waals surface area (Å²) in [5.41, 5.74) is 1.13. The summed E-state index contributed by atoms with van der Waals surface area (Å²) < 4.78 is 16.3. The predicted molar refractivity (Wildman–Crippen MR) is 76.4 cm³/mol. The van der Waals surface area contributed by atoms with Crippen LogP contribution in [0.15, 0.2) is 22.7 Å². The van der Waals surface area contributed by atoms with Crippen LogP contribution in [0, 0.1) is 0 Å². The number of aromatic nitrogens is 2. The van der Waals surface area contributed by atoms with Gasteiger partial charge in [-0.25, -0.2) is 0 Å². The van der Waals surface area contributed by atoms with Gasteiger partial charge in [0.15, 0.2) is 18.1 Å². The number of benzene rings is 1. The average Bonchev–Trinajstić information content (AvgIpc) is 3.25. The van der Waals surface area contributed by atoms with E-state index in [0.717, 1.165) is 30.8 Å². The Balaban J connectivity index is 1.68. The zero-order valence-electron chi connectivity index (χ0n) is 12.3. The highest BCUT2D eigenvalue weighted by Gasteiger charge is 2.29. The van der Waals surface area contributed by atoms with Crippen molar-refractivity contribution in [3.8, 4) is 11.5 Å². The van der Waals surface area contributed by atoms with Crippen LogP contribution in [-0.2, 0) is 13.2 Å². The van der Waals surface area contributed by atoms with E-state index in [1.807, 2.05) is 25.2 Å². The van der Waals surface area contributed by atoms with Gasteiger partial charge in [-0.1, -0.05) is 11.2 Å². The first-order valence-corrected chi connectivity index (χ1v) is 7.07. The molecular formula is C15H19N3O3. The fourth-order valence-electron chi connectivity index (χ4n) is 2.11. The summed E-state index contributed by atoms with van der Waals surface area (Å²) in [6, 6.07) is 5.85. The molecule has 3 rings (SSSR count). The van der Waals surface area contributed by atoms with Crippen LogP contribution in [-0.4, -0.2) is 24.3 Å². The molecule has 0 bridgehead atoms. The molecule has 1 saturated carbocycles. The average molecular weight is 289 g/mol. The molecule has 1 aromatic heterocycles. The number of ether oxygens (including phenoxy) is 2. The highest BCUT2D eigenvalue weighted by Crippen LogP contribution is 2.38. The number of nitrogens with zero attached hydrogens (tertiary/aromatic N) is 2. The lowest BCUT2D eigenvalue weighted by Gasteiger charge is -2.11. The predicted octanol–water partition coefficient (Wildman–Crippen LogP) is 2.25. The molecule has 6 nitrogen and oxygen atoms in total. The summed E-state index contributed by atoms with van der Waals surface area (Å²) in [5, 5.41) is 7.05. The number of nitrogens with one attached hydrogen (secondary N) is 1. The van der Waals surface area contributed by atoms with E-state index in [-0.39, 0.29) is 6.61 Å². The molecule has 112 valence electrons. The molecule has 0 atom stereocenters. The van der Waals surface area contributed by atoms with Gasteiger partial charge in [-0.15, -0.1) is 0 Å². The first-order valence-electron chi connectivity index (χ1n) is 7.07. The third kappa shape index (κ3) is 3.33. The molecule has 1 fully saturated rings. The molecule has 1 aliphatic carbocycles. The van der Waals surface area contributed by atoms with Gasteiger partial charge in [0.2, 0.25) is 11.7 Å². The summed E-state index contributed by atoms with van der Waals surface area (Å²) in [6.45, 7) is 1.05.